The van der Waals surface area contributed by atoms with Crippen LogP contribution in [0, 0.1) is 0 Å². The zero-order valence-electron chi connectivity index (χ0n) is 11.5. The second kappa shape index (κ2) is 5.33. The highest BCUT2D eigenvalue weighted by Gasteiger charge is 2.42. The smallest absolute Gasteiger partial charge is 0.0867 e. The molecule has 2 heteroatoms. The number of hydrogen-bond acceptors (Lipinski definition) is 2. The molecular formula is C14H27NO. The van der Waals surface area contributed by atoms with E-state index in [9.17, 15) is 0 Å². The minimum atomic E-state index is 0.155. The molecule has 0 atom stereocenters. The molecule has 0 bridgehead atoms. The van der Waals surface area contributed by atoms with Crippen molar-refractivity contribution >= 4 is 0 Å². The van der Waals surface area contributed by atoms with Crippen molar-refractivity contribution in [3.8, 4) is 0 Å². The van der Waals surface area contributed by atoms with Gasteiger partial charge < -0.3 is 0 Å². The number of allylic oxidation sites excluding steroid dienone is 1. The number of hydrogen-bond donors (Lipinski definition) is 0. The van der Waals surface area contributed by atoms with Crippen LogP contribution in [-0.4, -0.2) is 22.7 Å². The summed E-state index contributed by atoms with van der Waals surface area (Å²) in [5.41, 5.74) is 0.309. The maximum absolute atomic E-state index is 5.96. The van der Waals surface area contributed by atoms with Gasteiger partial charge in [0.1, 0.15) is 0 Å². The van der Waals surface area contributed by atoms with Crippen molar-refractivity contribution in [3.05, 3.63) is 12.2 Å². The van der Waals surface area contributed by atoms with E-state index in [1.807, 2.05) is 0 Å². The Morgan fingerprint density at radius 3 is 2.12 bits per heavy atom. The van der Waals surface area contributed by atoms with Crippen molar-refractivity contribution in [1.82, 2.24) is 5.06 Å². The van der Waals surface area contributed by atoms with Crippen molar-refractivity contribution in [3.63, 3.8) is 0 Å². The van der Waals surface area contributed by atoms with Crippen LogP contribution in [0.25, 0.3) is 0 Å². The highest BCUT2D eigenvalue weighted by atomic mass is 16.7. The van der Waals surface area contributed by atoms with Gasteiger partial charge in [0.25, 0.3) is 0 Å². The van der Waals surface area contributed by atoms with Crippen molar-refractivity contribution in [2.75, 3.05) is 6.61 Å². The molecule has 0 spiro atoms. The van der Waals surface area contributed by atoms with E-state index in [1.54, 1.807) is 0 Å². The Kier molecular flexibility index (Phi) is 4.57. The largest absolute Gasteiger partial charge is 0.294 e. The first-order chi connectivity index (χ1) is 7.40. The number of hydroxylamine groups is 2. The lowest BCUT2D eigenvalue weighted by atomic mass is 9.82. The van der Waals surface area contributed by atoms with Crippen molar-refractivity contribution < 1.29 is 4.84 Å². The van der Waals surface area contributed by atoms with Crippen LogP contribution in [0.4, 0.5) is 0 Å². The topological polar surface area (TPSA) is 12.5 Å². The maximum Gasteiger partial charge on any atom is 0.0867 e. The Labute approximate surface area is 101 Å². The van der Waals surface area contributed by atoms with Gasteiger partial charge in [0.2, 0.25) is 0 Å². The normalized spacial score (nSPS) is 25.1. The summed E-state index contributed by atoms with van der Waals surface area (Å²) in [6.07, 6.45) is 9.08. The van der Waals surface area contributed by atoms with Gasteiger partial charge in [-0.15, -0.1) is 0 Å². The van der Waals surface area contributed by atoms with Crippen LogP contribution in [0.5, 0.6) is 0 Å². The molecule has 0 unspecified atom stereocenters. The molecule has 0 aromatic heterocycles. The molecule has 1 aliphatic rings. The van der Waals surface area contributed by atoms with Crippen LogP contribution in [-0.2, 0) is 4.84 Å². The van der Waals surface area contributed by atoms with Crippen molar-refractivity contribution in [1.29, 1.82) is 0 Å². The molecule has 0 amide bonds. The molecule has 0 aromatic rings. The van der Waals surface area contributed by atoms with E-state index in [-0.39, 0.29) is 11.1 Å². The van der Waals surface area contributed by atoms with Crippen LogP contribution in [0.1, 0.15) is 60.3 Å². The highest BCUT2D eigenvalue weighted by Crippen LogP contribution is 2.38. The number of nitrogens with zero attached hydrogens (tertiary/aromatic N) is 1. The standard InChI is InChI=1S/C14H27NO/c1-6-7-8-12-16-15-13(2,3)10-9-11-14(15,4)5/h7-8H,6,9-12H2,1-5H3/b8-7-. The van der Waals surface area contributed by atoms with E-state index in [2.05, 4.69) is 51.8 Å². The Morgan fingerprint density at radius 1 is 1.06 bits per heavy atom. The van der Waals surface area contributed by atoms with Gasteiger partial charge in [0.15, 0.2) is 0 Å². The summed E-state index contributed by atoms with van der Waals surface area (Å²) in [7, 11) is 0. The molecule has 1 rings (SSSR count). The zero-order valence-corrected chi connectivity index (χ0v) is 11.5. The average molecular weight is 225 g/mol. The molecule has 94 valence electrons. The van der Waals surface area contributed by atoms with Crippen LogP contribution in [0.15, 0.2) is 12.2 Å². The molecule has 1 fully saturated rings. The third-order valence-electron chi connectivity index (χ3n) is 3.38. The molecular weight excluding hydrogens is 198 g/mol. The van der Waals surface area contributed by atoms with Crippen LogP contribution in [0.2, 0.25) is 0 Å². The Hall–Kier alpha value is -0.340. The Balaban J connectivity index is 2.60. The third kappa shape index (κ3) is 3.33. The summed E-state index contributed by atoms with van der Waals surface area (Å²) in [5.74, 6) is 0. The van der Waals surface area contributed by atoms with Crippen LogP contribution >= 0.6 is 0 Å². The SMILES string of the molecule is CC/C=C\CON1C(C)(C)CCCC1(C)C. The second-order valence-corrected chi connectivity index (χ2v) is 5.95. The van der Waals surface area contributed by atoms with E-state index >= 15 is 0 Å². The molecule has 2 nitrogen and oxygen atoms in total. The van der Waals surface area contributed by atoms with Crippen LogP contribution < -0.4 is 0 Å². The van der Waals surface area contributed by atoms with Gasteiger partial charge in [-0.2, -0.15) is 5.06 Å². The molecule has 0 N–H and O–H groups in total. The third-order valence-corrected chi connectivity index (χ3v) is 3.38. The zero-order chi connectivity index (χ0) is 12.2. The summed E-state index contributed by atoms with van der Waals surface area (Å²) >= 11 is 0. The van der Waals surface area contributed by atoms with Crippen molar-refractivity contribution in [2.24, 2.45) is 0 Å². The fraction of sp³-hybridized carbons (Fsp3) is 0.857. The van der Waals surface area contributed by atoms with Gasteiger partial charge in [-0.1, -0.05) is 19.1 Å². The minimum absolute atomic E-state index is 0.155. The van der Waals surface area contributed by atoms with Gasteiger partial charge in [-0.3, -0.25) is 4.84 Å². The quantitative estimate of drug-likeness (QED) is 0.672. The van der Waals surface area contributed by atoms with E-state index < -0.39 is 0 Å². The predicted octanol–water partition coefficient (Wildman–Crippen LogP) is 3.93. The fourth-order valence-corrected chi connectivity index (χ4v) is 2.68. The lowest BCUT2D eigenvalue weighted by Crippen LogP contribution is -2.58. The van der Waals surface area contributed by atoms with E-state index in [0.717, 1.165) is 6.42 Å². The fourth-order valence-electron chi connectivity index (χ4n) is 2.68. The monoisotopic (exact) mass is 225 g/mol. The highest BCUT2D eigenvalue weighted by molar-refractivity contribution is 4.93. The first-order valence-corrected chi connectivity index (χ1v) is 6.48. The Bertz CT molecular complexity index is 227. The van der Waals surface area contributed by atoms with E-state index in [1.165, 1.54) is 19.3 Å². The first-order valence-electron chi connectivity index (χ1n) is 6.48. The average Bonchev–Trinajstić information content (AvgIpc) is 2.14. The van der Waals surface area contributed by atoms with E-state index in [0.29, 0.717) is 6.61 Å². The molecule has 0 radical (unpaired) electrons. The summed E-state index contributed by atoms with van der Waals surface area (Å²) in [6.45, 7) is 11.9. The van der Waals surface area contributed by atoms with Crippen LogP contribution in [0.3, 0.4) is 0 Å². The Morgan fingerprint density at radius 2 is 1.62 bits per heavy atom. The van der Waals surface area contributed by atoms with Crippen molar-refractivity contribution in [2.45, 2.75) is 71.4 Å². The number of piperidine rings is 1. The van der Waals surface area contributed by atoms with Gasteiger partial charge in [-0.05, 0) is 53.4 Å². The molecule has 1 saturated heterocycles. The summed E-state index contributed by atoms with van der Waals surface area (Å²) in [5, 5.41) is 2.21. The van der Waals surface area contributed by atoms with Gasteiger partial charge in [0.05, 0.1) is 6.61 Å². The summed E-state index contributed by atoms with van der Waals surface area (Å²) < 4.78 is 0. The van der Waals surface area contributed by atoms with Gasteiger partial charge in [-0.25, -0.2) is 0 Å². The summed E-state index contributed by atoms with van der Waals surface area (Å²) in [4.78, 5) is 5.96. The lowest BCUT2D eigenvalue weighted by molar-refractivity contribution is -0.274. The minimum Gasteiger partial charge on any atom is -0.294 e. The van der Waals surface area contributed by atoms with E-state index in [4.69, 9.17) is 4.84 Å². The predicted molar refractivity (Wildman–Crippen MR) is 69.2 cm³/mol. The molecule has 16 heavy (non-hydrogen) atoms. The molecule has 1 heterocycles. The lowest BCUT2D eigenvalue weighted by Gasteiger charge is -2.51. The maximum atomic E-state index is 5.96. The van der Waals surface area contributed by atoms with Gasteiger partial charge in [0, 0.05) is 11.1 Å². The molecule has 1 aliphatic heterocycles. The first kappa shape index (κ1) is 13.7. The van der Waals surface area contributed by atoms with Gasteiger partial charge >= 0.3 is 0 Å². The molecule has 0 aromatic carbocycles. The molecule has 0 saturated carbocycles. The number of rotatable bonds is 4. The summed E-state index contributed by atoms with van der Waals surface area (Å²) in [6, 6.07) is 0. The second-order valence-electron chi connectivity index (χ2n) is 5.95. The molecule has 0 aliphatic carbocycles.